The highest BCUT2D eigenvalue weighted by Crippen LogP contribution is 2.29. The second-order valence-corrected chi connectivity index (χ2v) is 6.06. The van der Waals surface area contributed by atoms with Gasteiger partial charge in [0.1, 0.15) is 5.82 Å². The van der Waals surface area contributed by atoms with Crippen LogP contribution in [0.1, 0.15) is 41.9 Å². The Balaban J connectivity index is 2.29. The molecule has 7 heteroatoms. The number of aromatic nitrogens is 2. The van der Waals surface area contributed by atoms with Crippen molar-refractivity contribution in [1.29, 1.82) is 0 Å². The molecular formula is C13H16ClFN4S. The van der Waals surface area contributed by atoms with Crippen LogP contribution in [0, 0.1) is 5.82 Å². The van der Waals surface area contributed by atoms with E-state index in [0.717, 1.165) is 10.6 Å². The smallest absolute Gasteiger partial charge is 0.126 e. The number of nitrogens with two attached hydrogens (primary N) is 1. The molecule has 0 bridgehead atoms. The van der Waals surface area contributed by atoms with Crippen LogP contribution in [0.25, 0.3) is 0 Å². The fraction of sp³-hybridized carbons (Fsp3) is 0.385. The molecule has 1 aromatic carbocycles. The van der Waals surface area contributed by atoms with E-state index in [4.69, 9.17) is 17.4 Å². The molecule has 0 saturated carbocycles. The molecule has 108 valence electrons. The van der Waals surface area contributed by atoms with E-state index in [-0.39, 0.29) is 17.8 Å². The molecule has 0 fully saturated rings. The van der Waals surface area contributed by atoms with Crippen LogP contribution < -0.4 is 11.3 Å². The monoisotopic (exact) mass is 314 g/mol. The molecule has 4 nitrogen and oxygen atoms in total. The Kier molecular flexibility index (Phi) is 5.04. The van der Waals surface area contributed by atoms with Gasteiger partial charge in [0.2, 0.25) is 0 Å². The third-order valence-electron chi connectivity index (χ3n) is 3.04. The zero-order valence-corrected chi connectivity index (χ0v) is 12.8. The van der Waals surface area contributed by atoms with Crippen molar-refractivity contribution in [3.8, 4) is 0 Å². The quantitative estimate of drug-likeness (QED) is 0.657. The summed E-state index contributed by atoms with van der Waals surface area (Å²) in [4.78, 5) is 0.932. The second kappa shape index (κ2) is 6.58. The number of hydrogen-bond acceptors (Lipinski definition) is 5. The van der Waals surface area contributed by atoms with Crippen LogP contribution in [0.2, 0.25) is 5.02 Å². The predicted molar refractivity (Wildman–Crippen MR) is 79.2 cm³/mol. The molecule has 1 aromatic heterocycles. The van der Waals surface area contributed by atoms with Crippen molar-refractivity contribution >= 4 is 23.1 Å². The highest BCUT2D eigenvalue weighted by atomic mass is 35.5. The zero-order valence-electron chi connectivity index (χ0n) is 11.2. The topological polar surface area (TPSA) is 63.8 Å². The molecular weight excluding hydrogens is 299 g/mol. The number of hydrogen-bond donors (Lipinski definition) is 2. The molecule has 1 atom stereocenters. The number of benzene rings is 1. The molecule has 3 N–H and O–H groups in total. The molecule has 1 heterocycles. The van der Waals surface area contributed by atoms with E-state index >= 15 is 0 Å². The van der Waals surface area contributed by atoms with Gasteiger partial charge in [0.15, 0.2) is 0 Å². The normalized spacial score (nSPS) is 12.9. The number of hydrazine groups is 1. The summed E-state index contributed by atoms with van der Waals surface area (Å²) in [7, 11) is 0. The van der Waals surface area contributed by atoms with Gasteiger partial charge in [-0.2, -0.15) is 0 Å². The maximum atomic E-state index is 13.8. The Morgan fingerprint density at radius 3 is 2.85 bits per heavy atom. The van der Waals surface area contributed by atoms with Crippen molar-refractivity contribution in [2.24, 2.45) is 5.84 Å². The lowest BCUT2D eigenvalue weighted by Gasteiger charge is -2.16. The molecule has 1 unspecified atom stereocenters. The average Bonchev–Trinajstić information content (AvgIpc) is 2.89. The summed E-state index contributed by atoms with van der Waals surface area (Å²) in [5, 5.41) is 4.62. The molecule has 0 radical (unpaired) electrons. The molecule has 0 spiro atoms. The van der Waals surface area contributed by atoms with E-state index in [1.807, 2.05) is 13.8 Å². The van der Waals surface area contributed by atoms with Crippen LogP contribution in [-0.4, -0.2) is 9.59 Å². The fourth-order valence-corrected chi connectivity index (χ4v) is 3.05. The molecule has 0 aliphatic rings. The number of halogens is 2. The lowest BCUT2D eigenvalue weighted by atomic mass is 10.0. The third kappa shape index (κ3) is 3.32. The van der Waals surface area contributed by atoms with Crippen LogP contribution >= 0.6 is 23.1 Å². The highest BCUT2D eigenvalue weighted by molar-refractivity contribution is 7.05. The second-order valence-electron chi connectivity index (χ2n) is 4.84. The first-order valence-corrected chi connectivity index (χ1v) is 7.40. The lowest BCUT2D eigenvalue weighted by molar-refractivity contribution is 0.529. The number of nitrogens with one attached hydrogen (secondary N) is 1. The van der Waals surface area contributed by atoms with Gasteiger partial charge >= 0.3 is 0 Å². The van der Waals surface area contributed by atoms with Crippen LogP contribution in [0.15, 0.2) is 18.2 Å². The van der Waals surface area contributed by atoms with Crippen LogP contribution in [0.4, 0.5) is 4.39 Å². The van der Waals surface area contributed by atoms with Gasteiger partial charge in [0.25, 0.3) is 0 Å². The average molecular weight is 315 g/mol. The summed E-state index contributed by atoms with van der Waals surface area (Å²) in [6, 6.07) is 4.27. The Bertz CT molecular complexity index is 588. The first kappa shape index (κ1) is 15.3. The highest BCUT2D eigenvalue weighted by Gasteiger charge is 2.21. The summed E-state index contributed by atoms with van der Waals surface area (Å²) in [6.45, 7) is 4.07. The van der Waals surface area contributed by atoms with E-state index in [0.29, 0.717) is 17.0 Å². The molecule has 0 amide bonds. The minimum atomic E-state index is -0.293. The van der Waals surface area contributed by atoms with Gasteiger partial charge in [0.05, 0.1) is 16.6 Å². The number of nitrogens with zero attached hydrogens (tertiary/aromatic N) is 2. The zero-order chi connectivity index (χ0) is 14.7. The van der Waals surface area contributed by atoms with Gasteiger partial charge in [-0.05, 0) is 47.6 Å². The predicted octanol–water partition coefficient (Wildman–Crippen LogP) is 3.20. The first-order chi connectivity index (χ1) is 9.52. The maximum absolute atomic E-state index is 13.8. The SMILES string of the molecule is CC(C)c1nnsc1C(Cc1cc(Cl)ccc1F)NN. The van der Waals surface area contributed by atoms with E-state index in [9.17, 15) is 4.39 Å². The summed E-state index contributed by atoms with van der Waals surface area (Å²) < 4.78 is 17.8. The van der Waals surface area contributed by atoms with Gasteiger partial charge in [-0.25, -0.2) is 4.39 Å². The minimum absolute atomic E-state index is 0.236. The van der Waals surface area contributed by atoms with Crippen molar-refractivity contribution in [2.45, 2.75) is 32.2 Å². The van der Waals surface area contributed by atoms with Crippen molar-refractivity contribution < 1.29 is 4.39 Å². The molecule has 0 saturated heterocycles. The van der Waals surface area contributed by atoms with Crippen molar-refractivity contribution in [1.82, 2.24) is 15.0 Å². The van der Waals surface area contributed by atoms with E-state index in [1.165, 1.54) is 23.7 Å². The molecule has 2 rings (SSSR count). The molecule has 0 aliphatic carbocycles. The summed E-state index contributed by atoms with van der Waals surface area (Å²) in [5.41, 5.74) is 4.12. The standard InChI is InChI=1S/C13H16ClFN4S/c1-7(2)12-13(20-19-18-12)11(17-16)6-8-5-9(14)3-4-10(8)15/h3-5,7,11,17H,6,16H2,1-2H3. The van der Waals surface area contributed by atoms with E-state index < -0.39 is 0 Å². The van der Waals surface area contributed by atoms with Gasteiger partial charge in [-0.3, -0.25) is 11.3 Å². The van der Waals surface area contributed by atoms with Gasteiger partial charge < -0.3 is 0 Å². The van der Waals surface area contributed by atoms with Gasteiger partial charge in [-0.15, -0.1) is 5.10 Å². The Morgan fingerprint density at radius 2 is 2.20 bits per heavy atom. The van der Waals surface area contributed by atoms with Gasteiger partial charge in [0, 0.05) is 5.02 Å². The summed E-state index contributed by atoms with van der Waals surface area (Å²) in [6.07, 6.45) is 0.395. The van der Waals surface area contributed by atoms with Crippen molar-refractivity contribution in [3.63, 3.8) is 0 Å². The van der Waals surface area contributed by atoms with Gasteiger partial charge in [-0.1, -0.05) is 29.9 Å². The Morgan fingerprint density at radius 1 is 1.45 bits per heavy atom. The number of rotatable bonds is 5. The van der Waals surface area contributed by atoms with Crippen molar-refractivity contribution in [2.75, 3.05) is 0 Å². The Hall–Kier alpha value is -1.08. The third-order valence-corrected chi connectivity index (χ3v) is 4.13. The molecule has 20 heavy (non-hydrogen) atoms. The molecule has 2 aromatic rings. The largest absolute Gasteiger partial charge is 0.271 e. The lowest BCUT2D eigenvalue weighted by Crippen LogP contribution is -2.30. The maximum Gasteiger partial charge on any atom is 0.126 e. The minimum Gasteiger partial charge on any atom is -0.271 e. The van der Waals surface area contributed by atoms with Crippen LogP contribution in [-0.2, 0) is 6.42 Å². The summed E-state index contributed by atoms with van der Waals surface area (Å²) in [5.74, 6) is 5.56. The summed E-state index contributed by atoms with van der Waals surface area (Å²) >= 11 is 7.19. The Labute approximate surface area is 126 Å². The fourth-order valence-electron chi connectivity index (χ4n) is 1.99. The first-order valence-electron chi connectivity index (χ1n) is 6.25. The van der Waals surface area contributed by atoms with Crippen LogP contribution in [0.5, 0.6) is 0 Å². The van der Waals surface area contributed by atoms with Crippen molar-refractivity contribution in [3.05, 3.63) is 45.2 Å². The molecule has 0 aliphatic heterocycles. The van der Waals surface area contributed by atoms with Crippen LogP contribution in [0.3, 0.4) is 0 Å². The van der Waals surface area contributed by atoms with E-state index in [1.54, 1.807) is 6.07 Å². The van der Waals surface area contributed by atoms with E-state index in [2.05, 4.69) is 15.0 Å².